The minimum absolute atomic E-state index is 0. The van der Waals surface area contributed by atoms with E-state index in [-0.39, 0.29) is 41.8 Å². The van der Waals surface area contributed by atoms with E-state index in [2.05, 4.69) is 0 Å². The minimum Gasteiger partial charge on any atom is -1.00 e. The van der Waals surface area contributed by atoms with Gasteiger partial charge in [-0.25, -0.2) is 0 Å². The maximum atomic E-state index is 11.3. The summed E-state index contributed by atoms with van der Waals surface area (Å²) in [5, 5.41) is 0. The van der Waals surface area contributed by atoms with Crippen LogP contribution in [0, 0.1) is 5.41 Å². The maximum absolute atomic E-state index is 11.3. The van der Waals surface area contributed by atoms with Crippen LogP contribution in [0.15, 0.2) is 0 Å². The minimum atomic E-state index is -3.33. The van der Waals surface area contributed by atoms with Gasteiger partial charge in [-0.05, 0) is 5.41 Å². The van der Waals surface area contributed by atoms with Crippen LogP contribution < -0.4 is 28.9 Å². The van der Waals surface area contributed by atoms with E-state index in [1.165, 1.54) is 0 Å². The van der Waals surface area contributed by atoms with Gasteiger partial charge >= 0.3 is 0 Å². The molecule has 0 bridgehead atoms. The van der Waals surface area contributed by atoms with Gasteiger partial charge in [0.15, 0.2) is 0 Å². The van der Waals surface area contributed by atoms with Gasteiger partial charge in [0.1, 0.15) is 5.75 Å². The summed E-state index contributed by atoms with van der Waals surface area (Å²) in [4.78, 5) is 1.10. The second-order valence-electron chi connectivity index (χ2n) is 5.04. The predicted octanol–water partition coefficient (Wildman–Crippen LogP) is -3.47. The molecule has 15 heavy (non-hydrogen) atoms. The summed E-state index contributed by atoms with van der Waals surface area (Å²) in [5.74, 6) is 0.0887. The summed E-state index contributed by atoms with van der Waals surface area (Å²) in [5.41, 5.74) is -0.113. The molecule has 0 unspecified atom stereocenters. The third-order valence-electron chi connectivity index (χ3n) is 1.52. The number of hydrogen-bond acceptors (Lipinski definition) is 3. The van der Waals surface area contributed by atoms with Gasteiger partial charge in [-0.3, -0.25) is 4.18 Å². The first kappa shape index (κ1) is 18.0. The van der Waals surface area contributed by atoms with Gasteiger partial charge in [-0.15, -0.1) is 0 Å². The summed E-state index contributed by atoms with van der Waals surface area (Å²) in [6.07, 6.45) is 0. The summed E-state index contributed by atoms with van der Waals surface area (Å²) in [6.45, 7) is 6.66. The monoisotopic (exact) mass is 351 g/mol. The molecule has 0 amide bonds. The Morgan fingerprint density at radius 3 is 2.00 bits per heavy atom. The van der Waals surface area contributed by atoms with Crippen LogP contribution in [-0.2, 0) is 14.3 Å². The lowest BCUT2D eigenvalue weighted by atomic mass is 9.99. The molecule has 0 saturated carbocycles. The van der Waals surface area contributed by atoms with Crippen molar-refractivity contribution in [3.05, 3.63) is 0 Å². The quantitative estimate of drug-likeness (QED) is 0.414. The average Bonchev–Trinajstić information content (AvgIpc) is 1.97. The van der Waals surface area contributed by atoms with Crippen LogP contribution in [0.2, 0.25) is 0 Å². The summed E-state index contributed by atoms with van der Waals surface area (Å²) < 4.78 is 27.6. The fraction of sp³-hybridized carbons (Fsp3) is 1.00. The second kappa shape index (κ2) is 7.03. The van der Waals surface area contributed by atoms with Gasteiger partial charge in [0.05, 0.1) is 27.2 Å². The first-order valence-electron chi connectivity index (χ1n) is 4.78. The topological polar surface area (TPSA) is 47.8 Å². The molecule has 0 fully saturated rings. The average molecular weight is 351 g/mol. The normalized spacial score (nSPS) is 12.7. The maximum Gasteiger partial charge on any atom is 0.272 e. The number of halogens is 1. The van der Waals surface area contributed by atoms with E-state index in [0.29, 0.717) is 6.54 Å². The molecule has 0 aliphatic carbocycles. The third-order valence-corrected chi connectivity index (χ3v) is 2.70. The molecule has 0 saturated heterocycles. The van der Waals surface area contributed by atoms with E-state index >= 15 is 0 Å². The van der Waals surface area contributed by atoms with Crippen molar-refractivity contribution in [2.75, 3.05) is 33.0 Å². The van der Waals surface area contributed by atoms with E-state index in [1.807, 2.05) is 34.9 Å². The van der Waals surface area contributed by atoms with Crippen molar-refractivity contribution in [1.82, 2.24) is 0 Å². The predicted molar refractivity (Wildman–Crippen MR) is 56.9 cm³/mol. The molecule has 0 aliphatic heterocycles. The molecule has 0 aromatic rings. The van der Waals surface area contributed by atoms with Crippen molar-refractivity contribution < 1.29 is 41.5 Å². The first-order valence-corrected chi connectivity index (χ1v) is 6.36. The highest BCUT2D eigenvalue weighted by Gasteiger charge is 2.18. The number of nitrogens with one attached hydrogen (secondary N) is 1. The summed E-state index contributed by atoms with van der Waals surface area (Å²) >= 11 is 0. The van der Waals surface area contributed by atoms with E-state index in [1.54, 1.807) is 0 Å². The van der Waals surface area contributed by atoms with Gasteiger partial charge < -0.3 is 28.9 Å². The molecule has 6 heteroatoms. The molecule has 0 radical (unpaired) electrons. The SMILES string of the molecule is C[NH+](C)CCS(=O)(=O)OCC(C)(C)C.[I-]. The zero-order chi connectivity index (χ0) is 11.4. The van der Waals surface area contributed by atoms with Gasteiger partial charge in [-0.2, -0.15) is 8.42 Å². The molecule has 0 atom stereocenters. The van der Waals surface area contributed by atoms with Crippen LogP contribution in [0.1, 0.15) is 20.8 Å². The van der Waals surface area contributed by atoms with Crippen LogP contribution in [-0.4, -0.2) is 41.4 Å². The molecular weight excluding hydrogens is 329 g/mol. The smallest absolute Gasteiger partial charge is 0.272 e. The lowest BCUT2D eigenvalue weighted by Gasteiger charge is -2.17. The Morgan fingerprint density at radius 1 is 1.20 bits per heavy atom. The Labute approximate surface area is 111 Å². The van der Waals surface area contributed by atoms with E-state index < -0.39 is 10.1 Å². The number of rotatable bonds is 5. The second-order valence-corrected chi connectivity index (χ2v) is 6.80. The molecule has 4 nitrogen and oxygen atoms in total. The van der Waals surface area contributed by atoms with Crippen molar-refractivity contribution in [3.8, 4) is 0 Å². The van der Waals surface area contributed by atoms with Gasteiger partial charge in [-0.1, -0.05) is 20.8 Å². The van der Waals surface area contributed by atoms with Crippen LogP contribution in [0.25, 0.3) is 0 Å². The van der Waals surface area contributed by atoms with Crippen LogP contribution in [0.4, 0.5) is 0 Å². The van der Waals surface area contributed by atoms with E-state index in [4.69, 9.17) is 4.18 Å². The standard InChI is InChI=1S/C9H21NO3S.HI/c1-9(2,3)8-13-14(11,12)7-6-10(4)5;/h6-8H2,1-5H3;1H. The highest BCUT2D eigenvalue weighted by molar-refractivity contribution is 7.86. The lowest BCUT2D eigenvalue weighted by Crippen LogP contribution is -3.06. The van der Waals surface area contributed by atoms with Crippen molar-refractivity contribution in [3.63, 3.8) is 0 Å². The molecule has 0 aromatic heterocycles. The Morgan fingerprint density at radius 2 is 1.67 bits per heavy atom. The largest absolute Gasteiger partial charge is 1.00 e. The van der Waals surface area contributed by atoms with E-state index in [9.17, 15) is 8.42 Å². The highest BCUT2D eigenvalue weighted by Crippen LogP contribution is 2.14. The Balaban J connectivity index is 0. The van der Waals surface area contributed by atoms with Crippen molar-refractivity contribution in [1.29, 1.82) is 0 Å². The van der Waals surface area contributed by atoms with Crippen LogP contribution in [0.5, 0.6) is 0 Å². The molecule has 0 aliphatic rings. The molecular formula is C9H22INO3S. The number of hydrogen-bond donors (Lipinski definition) is 1. The molecule has 0 heterocycles. The van der Waals surface area contributed by atoms with Crippen molar-refractivity contribution >= 4 is 10.1 Å². The van der Waals surface area contributed by atoms with Crippen LogP contribution >= 0.6 is 0 Å². The van der Waals surface area contributed by atoms with Gasteiger partial charge in [0.25, 0.3) is 10.1 Å². The summed E-state index contributed by atoms with van der Waals surface area (Å²) in [7, 11) is 0.501. The van der Waals surface area contributed by atoms with Crippen molar-refractivity contribution in [2.24, 2.45) is 5.41 Å². The molecule has 0 rings (SSSR count). The van der Waals surface area contributed by atoms with Crippen molar-refractivity contribution in [2.45, 2.75) is 20.8 Å². The zero-order valence-corrected chi connectivity index (χ0v) is 13.1. The van der Waals surface area contributed by atoms with Gasteiger partial charge in [0.2, 0.25) is 0 Å². The Kier molecular flexibility index (Phi) is 8.43. The number of quaternary nitrogens is 1. The van der Waals surface area contributed by atoms with Crippen LogP contribution in [0.3, 0.4) is 0 Å². The molecule has 0 aromatic carbocycles. The molecule has 0 spiro atoms. The fourth-order valence-corrected chi connectivity index (χ4v) is 1.96. The fourth-order valence-electron chi connectivity index (χ4n) is 0.655. The first-order chi connectivity index (χ1) is 6.12. The van der Waals surface area contributed by atoms with Gasteiger partial charge in [0, 0.05) is 0 Å². The third kappa shape index (κ3) is 12.5. The highest BCUT2D eigenvalue weighted by atomic mass is 127. The van der Waals surface area contributed by atoms with E-state index in [0.717, 1.165) is 4.90 Å². The molecule has 1 N–H and O–H groups in total. The lowest BCUT2D eigenvalue weighted by molar-refractivity contribution is -0.855. The Bertz CT molecular complexity index is 257. The molecule has 94 valence electrons. The summed E-state index contributed by atoms with van der Waals surface area (Å²) in [6, 6.07) is 0. The zero-order valence-electron chi connectivity index (χ0n) is 10.1. The Hall–Kier alpha value is 0.600.